The zero-order chi connectivity index (χ0) is 17.9. The van der Waals surface area contributed by atoms with Crippen molar-refractivity contribution in [2.24, 2.45) is 7.05 Å². The first-order valence-electron chi connectivity index (χ1n) is 8.50. The maximum absolute atomic E-state index is 5.45. The molecule has 26 heavy (non-hydrogen) atoms. The number of anilines is 1. The SMILES string of the molecule is CC(Sc1nnc(N2CCOCC2)n1C)c1nc(-c2ccccc2)no1. The summed E-state index contributed by atoms with van der Waals surface area (Å²) in [6.07, 6.45) is 0. The number of benzene rings is 1. The van der Waals surface area contributed by atoms with Crippen molar-refractivity contribution in [2.75, 3.05) is 31.2 Å². The summed E-state index contributed by atoms with van der Waals surface area (Å²) in [5.41, 5.74) is 0.938. The van der Waals surface area contributed by atoms with Gasteiger partial charge in [0.15, 0.2) is 5.16 Å². The molecule has 0 N–H and O–H groups in total. The lowest BCUT2D eigenvalue weighted by molar-refractivity contribution is 0.121. The molecule has 136 valence electrons. The summed E-state index contributed by atoms with van der Waals surface area (Å²) in [5.74, 6) is 2.03. The molecule has 0 amide bonds. The van der Waals surface area contributed by atoms with Gasteiger partial charge in [0.25, 0.3) is 0 Å². The second-order valence-electron chi connectivity index (χ2n) is 6.02. The summed E-state index contributed by atoms with van der Waals surface area (Å²) in [4.78, 5) is 6.71. The molecule has 2 aromatic heterocycles. The Labute approximate surface area is 155 Å². The molecule has 1 aliphatic rings. The fraction of sp³-hybridized carbons (Fsp3) is 0.412. The van der Waals surface area contributed by atoms with Crippen molar-refractivity contribution in [1.82, 2.24) is 24.9 Å². The predicted octanol–water partition coefficient (Wildman–Crippen LogP) is 2.56. The Bertz CT molecular complexity index is 859. The predicted molar refractivity (Wildman–Crippen MR) is 98.0 cm³/mol. The third-order valence-electron chi connectivity index (χ3n) is 4.21. The molecule has 9 heteroatoms. The van der Waals surface area contributed by atoms with Crippen molar-refractivity contribution in [2.45, 2.75) is 17.3 Å². The smallest absolute Gasteiger partial charge is 0.240 e. The van der Waals surface area contributed by atoms with Crippen LogP contribution < -0.4 is 4.90 Å². The number of ether oxygens (including phenoxy) is 1. The second-order valence-corrected chi connectivity index (χ2v) is 7.33. The Balaban J connectivity index is 1.48. The minimum Gasteiger partial charge on any atom is -0.378 e. The summed E-state index contributed by atoms with van der Waals surface area (Å²) in [6, 6.07) is 9.79. The van der Waals surface area contributed by atoms with Crippen LogP contribution in [-0.4, -0.2) is 51.2 Å². The Morgan fingerprint density at radius 3 is 2.65 bits per heavy atom. The van der Waals surface area contributed by atoms with E-state index in [-0.39, 0.29) is 5.25 Å². The normalized spacial score (nSPS) is 16.0. The molecule has 3 heterocycles. The summed E-state index contributed by atoms with van der Waals surface area (Å²) in [7, 11) is 1.98. The van der Waals surface area contributed by atoms with Crippen molar-refractivity contribution in [1.29, 1.82) is 0 Å². The van der Waals surface area contributed by atoms with Gasteiger partial charge in [-0.15, -0.1) is 10.2 Å². The van der Waals surface area contributed by atoms with Crippen LogP contribution in [0.4, 0.5) is 5.95 Å². The van der Waals surface area contributed by atoms with Crippen molar-refractivity contribution < 1.29 is 9.26 Å². The molecule has 1 atom stereocenters. The van der Waals surface area contributed by atoms with E-state index in [1.807, 2.05) is 48.9 Å². The van der Waals surface area contributed by atoms with Gasteiger partial charge in [0.05, 0.1) is 18.5 Å². The van der Waals surface area contributed by atoms with E-state index in [0.29, 0.717) is 11.7 Å². The third-order valence-corrected chi connectivity index (χ3v) is 5.33. The van der Waals surface area contributed by atoms with Crippen LogP contribution in [0.5, 0.6) is 0 Å². The number of thioether (sulfide) groups is 1. The van der Waals surface area contributed by atoms with Gasteiger partial charge >= 0.3 is 0 Å². The molecule has 0 bridgehead atoms. The van der Waals surface area contributed by atoms with E-state index in [1.54, 1.807) is 11.8 Å². The minimum absolute atomic E-state index is 0.0274. The zero-order valence-corrected chi connectivity index (χ0v) is 15.5. The third kappa shape index (κ3) is 3.45. The van der Waals surface area contributed by atoms with Crippen LogP contribution in [0.3, 0.4) is 0 Å². The molecule has 0 spiro atoms. The van der Waals surface area contributed by atoms with Crippen LogP contribution in [0.15, 0.2) is 40.0 Å². The molecule has 1 aromatic carbocycles. The molecule has 1 aliphatic heterocycles. The van der Waals surface area contributed by atoms with Crippen LogP contribution in [0, 0.1) is 0 Å². The molecule has 0 radical (unpaired) electrons. The van der Waals surface area contributed by atoms with E-state index < -0.39 is 0 Å². The number of rotatable bonds is 5. The molecule has 1 unspecified atom stereocenters. The molecular formula is C17H20N6O2S. The number of aromatic nitrogens is 5. The summed E-state index contributed by atoms with van der Waals surface area (Å²) in [5, 5.41) is 13.5. The molecule has 0 aliphatic carbocycles. The highest BCUT2D eigenvalue weighted by atomic mass is 32.2. The number of nitrogens with zero attached hydrogens (tertiary/aromatic N) is 6. The summed E-state index contributed by atoms with van der Waals surface area (Å²) >= 11 is 1.55. The number of morpholine rings is 1. The average Bonchev–Trinajstić information content (AvgIpc) is 3.31. The van der Waals surface area contributed by atoms with E-state index in [2.05, 4.69) is 25.2 Å². The van der Waals surface area contributed by atoms with Crippen LogP contribution in [0.1, 0.15) is 18.1 Å². The van der Waals surface area contributed by atoms with Gasteiger partial charge in [-0.25, -0.2) is 0 Å². The molecule has 4 rings (SSSR count). The van der Waals surface area contributed by atoms with E-state index >= 15 is 0 Å². The van der Waals surface area contributed by atoms with Gasteiger partial charge in [-0.05, 0) is 6.92 Å². The van der Waals surface area contributed by atoms with Gasteiger partial charge < -0.3 is 14.2 Å². The summed E-state index contributed by atoms with van der Waals surface area (Å²) < 4.78 is 12.8. The average molecular weight is 372 g/mol. The van der Waals surface area contributed by atoms with Crippen molar-refractivity contribution >= 4 is 17.7 Å². The van der Waals surface area contributed by atoms with Gasteiger partial charge in [-0.1, -0.05) is 47.3 Å². The Kier molecular flexibility index (Phi) is 4.89. The van der Waals surface area contributed by atoms with Crippen LogP contribution in [0.25, 0.3) is 11.4 Å². The lowest BCUT2D eigenvalue weighted by atomic mass is 10.2. The standard InChI is InChI=1S/C17H20N6O2S/c1-12(15-18-14(21-25-15)13-6-4-3-5-7-13)26-17-20-19-16(22(17)2)23-8-10-24-11-9-23/h3-7,12H,8-11H2,1-2H3. The number of hydrogen-bond donors (Lipinski definition) is 0. The highest BCUT2D eigenvalue weighted by Crippen LogP contribution is 2.34. The second kappa shape index (κ2) is 7.46. The quantitative estimate of drug-likeness (QED) is 0.632. The van der Waals surface area contributed by atoms with Crippen LogP contribution in [-0.2, 0) is 11.8 Å². The molecule has 1 fully saturated rings. The molecule has 8 nitrogen and oxygen atoms in total. The first-order chi connectivity index (χ1) is 12.7. The van der Waals surface area contributed by atoms with Gasteiger partial charge in [0.2, 0.25) is 17.7 Å². The highest BCUT2D eigenvalue weighted by Gasteiger charge is 2.22. The Morgan fingerprint density at radius 1 is 1.12 bits per heavy atom. The number of hydrogen-bond acceptors (Lipinski definition) is 8. The molecule has 0 saturated carbocycles. The fourth-order valence-electron chi connectivity index (χ4n) is 2.76. The van der Waals surface area contributed by atoms with E-state index in [0.717, 1.165) is 43.0 Å². The fourth-order valence-corrected chi connectivity index (χ4v) is 3.60. The summed E-state index contributed by atoms with van der Waals surface area (Å²) in [6.45, 7) is 5.12. The largest absolute Gasteiger partial charge is 0.378 e. The molecule has 1 saturated heterocycles. The maximum Gasteiger partial charge on any atom is 0.240 e. The minimum atomic E-state index is -0.0274. The lowest BCUT2D eigenvalue weighted by Gasteiger charge is -2.27. The van der Waals surface area contributed by atoms with Crippen molar-refractivity contribution in [3.63, 3.8) is 0 Å². The molecular weight excluding hydrogens is 352 g/mol. The van der Waals surface area contributed by atoms with E-state index in [9.17, 15) is 0 Å². The lowest BCUT2D eigenvalue weighted by Crippen LogP contribution is -2.37. The van der Waals surface area contributed by atoms with Gasteiger partial charge in [0.1, 0.15) is 0 Å². The molecule has 3 aromatic rings. The van der Waals surface area contributed by atoms with Gasteiger partial charge in [-0.3, -0.25) is 4.57 Å². The highest BCUT2D eigenvalue weighted by molar-refractivity contribution is 7.99. The topological polar surface area (TPSA) is 82.1 Å². The Hall–Kier alpha value is -2.39. The van der Waals surface area contributed by atoms with E-state index in [4.69, 9.17) is 9.26 Å². The van der Waals surface area contributed by atoms with Crippen LogP contribution in [0.2, 0.25) is 0 Å². The van der Waals surface area contributed by atoms with Gasteiger partial charge in [0, 0.05) is 25.7 Å². The first kappa shape index (κ1) is 17.0. The monoisotopic (exact) mass is 372 g/mol. The zero-order valence-electron chi connectivity index (χ0n) is 14.7. The Morgan fingerprint density at radius 2 is 1.88 bits per heavy atom. The van der Waals surface area contributed by atoms with Crippen molar-refractivity contribution in [3.8, 4) is 11.4 Å². The van der Waals surface area contributed by atoms with Gasteiger partial charge in [-0.2, -0.15) is 4.98 Å². The van der Waals surface area contributed by atoms with Crippen molar-refractivity contribution in [3.05, 3.63) is 36.2 Å². The van der Waals surface area contributed by atoms with Crippen LogP contribution >= 0.6 is 11.8 Å². The van der Waals surface area contributed by atoms with E-state index in [1.165, 1.54) is 0 Å². The maximum atomic E-state index is 5.45. The first-order valence-corrected chi connectivity index (χ1v) is 9.38.